The summed E-state index contributed by atoms with van der Waals surface area (Å²) in [5.41, 5.74) is 1.08. The number of hydrogen-bond acceptors (Lipinski definition) is 7. The zero-order valence-corrected chi connectivity index (χ0v) is 25.4. The first-order valence-electron chi connectivity index (χ1n) is 13.7. The predicted octanol–water partition coefficient (Wildman–Crippen LogP) is 6.43. The number of carbonyl (C=O) groups is 1. The van der Waals surface area contributed by atoms with Gasteiger partial charge in [-0.1, -0.05) is 36.5 Å². The SMILES string of the molecule is CCCCOC(=O)CN(c1ccc2c(ccn2-c2cc(OC3CCOCC3)ccn2)c1)S(=O)(=O)c1cc(Cl)cc(Cl)c1. The molecule has 4 aromatic rings. The van der Waals surface area contributed by atoms with E-state index in [1.165, 1.54) is 18.2 Å². The molecule has 1 saturated heterocycles. The highest BCUT2D eigenvalue weighted by Gasteiger charge is 2.29. The molecule has 1 aliphatic rings. The first-order chi connectivity index (χ1) is 20.2. The molecule has 1 aliphatic heterocycles. The molecular formula is C30H31Cl2N3O6S. The van der Waals surface area contributed by atoms with Crippen LogP contribution in [0.2, 0.25) is 10.0 Å². The van der Waals surface area contributed by atoms with Crippen molar-refractivity contribution >= 4 is 55.8 Å². The molecule has 0 aliphatic carbocycles. The maximum Gasteiger partial charge on any atom is 0.326 e. The van der Waals surface area contributed by atoms with E-state index in [-0.39, 0.29) is 33.3 Å². The monoisotopic (exact) mass is 631 g/mol. The molecule has 0 amide bonds. The van der Waals surface area contributed by atoms with E-state index >= 15 is 0 Å². The van der Waals surface area contributed by atoms with Crippen LogP contribution in [0.3, 0.4) is 0 Å². The van der Waals surface area contributed by atoms with Gasteiger partial charge in [0.1, 0.15) is 24.2 Å². The van der Waals surface area contributed by atoms with E-state index < -0.39 is 22.5 Å². The number of sulfonamides is 1. The standard InChI is InChI=1S/C30H31Cl2N3O6S/c1-2-3-12-40-30(36)20-35(42(37,38)27-17-22(31)16-23(32)18-27)24-4-5-28-21(15-24)7-11-34(28)29-19-26(6-10-33-29)41-25-8-13-39-14-9-25/h4-7,10-11,15-19,25H,2-3,8-9,12-14,20H2,1H3. The van der Waals surface area contributed by atoms with Crippen molar-refractivity contribution in [2.24, 2.45) is 0 Å². The minimum absolute atomic E-state index is 0.0916. The highest BCUT2D eigenvalue weighted by atomic mass is 35.5. The molecule has 0 bridgehead atoms. The zero-order chi connectivity index (χ0) is 29.7. The summed E-state index contributed by atoms with van der Waals surface area (Å²) >= 11 is 12.2. The second-order valence-corrected chi connectivity index (χ2v) is 12.6. The molecule has 0 unspecified atom stereocenters. The molecule has 42 heavy (non-hydrogen) atoms. The fourth-order valence-electron chi connectivity index (χ4n) is 4.69. The predicted molar refractivity (Wildman–Crippen MR) is 162 cm³/mol. The lowest BCUT2D eigenvalue weighted by Crippen LogP contribution is -2.36. The molecule has 5 rings (SSSR count). The van der Waals surface area contributed by atoms with Gasteiger partial charge in [0, 0.05) is 46.7 Å². The van der Waals surface area contributed by atoms with Crippen LogP contribution in [-0.4, -0.2) is 56.4 Å². The van der Waals surface area contributed by atoms with E-state index in [1.807, 2.05) is 35.9 Å². The molecule has 0 saturated carbocycles. The van der Waals surface area contributed by atoms with Gasteiger partial charge in [-0.25, -0.2) is 13.4 Å². The number of halogens is 2. The van der Waals surface area contributed by atoms with Crippen molar-refractivity contribution in [3.63, 3.8) is 0 Å². The quantitative estimate of drug-likeness (QED) is 0.139. The Morgan fingerprint density at radius 2 is 1.83 bits per heavy atom. The summed E-state index contributed by atoms with van der Waals surface area (Å²) in [5, 5.41) is 1.07. The van der Waals surface area contributed by atoms with Gasteiger partial charge >= 0.3 is 5.97 Å². The molecule has 2 aromatic heterocycles. The highest BCUT2D eigenvalue weighted by molar-refractivity contribution is 7.92. The van der Waals surface area contributed by atoms with Crippen molar-refractivity contribution in [2.75, 3.05) is 30.7 Å². The zero-order valence-electron chi connectivity index (χ0n) is 23.0. The molecule has 12 heteroatoms. The smallest absolute Gasteiger partial charge is 0.326 e. The molecular weight excluding hydrogens is 601 g/mol. The van der Waals surface area contributed by atoms with E-state index in [1.54, 1.807) is 24.4 Å². The molecule has 9 nitrogen and oxygen atoms in total. The minimum Gasteiger partial charge on any atom is -0.490 e. The number of hydrogen-bond donors (Lipinski definition) is 0. The lowest BCUT2D eigenvalue weighted by atomic mass is 10.1. The number of benzene rings is 2. The molecule has 0 N–H and O–H groups in total. The van der Waals surface area contributed by atoms with Gasteiger partial charge in [-0.2, -0.15) is 0 Å². The van der Waals surface area contributed by atoms with Gasteiger partial charge in [0.2, 0.25) is 0 Å². The summed E-state index contributed by atoms with van der Waals surface area (Å²) in [5.74, 6) is 0.702. The van der Waals surface area contributed by atoms with Gasteiger partial charge in [0.15, 0.2) is 0 Å². The van der Waals surface area contributed by atoms with Gasteiger partial charge < -0.3 is 18.8 Å². The molecule has 0 spiro atoms. The summed E-state index contributed by atoms with van der Waals surface area (Å²) in [6.45, 7) is 3.02. The fourth-order valence-corrected chi connectivity index (χ4v) is 6.82. The summed E-state index contributed by atoms with van der Waals surface area (Å²) in [7, 11) is -4.24. The van der Waals surface area contributed by atoms with Gasteiger partial charge in [-0.05, 0) is 55.0 Å². The number of anilines is 1. The van der Waals surface area contributed by atoms with Crippen LogP contribution in [0.25, 0.3) is 16.7 Å². The third kappa shape index (κ3) is 7.00. The van der Waals surface area contributed by atoms with Gasteiger partial charge in [-0.15, -0.1) is 0 Å². The molecule has 0 radical (unpaired) electrons. The Hall–Kier alpha value is -3.31. The summed E-state index contributed by atoms with van der Waals surface area (Å²) in [4.78, 5) is 17.1. The van der Waals surface area contributed by atoms with E-state index in [4.69, 9.17) is 37.4 Å². The summed E-state index contributed by atoms with van der Waals surface area (Å²) in [6, 6.07) is 14.7. The average Bonchev–Trinajstić information content (AvgIpc) is 3.39. The number of fused-ring (bicyclic) bond motifs is 1. The fraction of sp³-hybridized carbons (Fsp3) is 0.333. The maximum absolute atomic E-state index is 13.8. The van der Waals surface area contributed by atoms with Crippen LogP contribution in [-0.2, 0) is 24.3 Å². The van der Waals surface area contributed by atoms with Crippen LogP contribution in [0.1, 0.15) is 32.6 Å². The molecule has 3 heterocycles. The Labute approximate surface area is 255 Å². The number of carbonyl (C=O) groups excluding carboxylic acids is 1. The molecule has 0 atom stereocenters. The number of esters is 1. The van der Waals surface area contributed by atoms with Crippen molar-refractivity contribution in [3.05, 3.63) is 77.0 Å². The highest BCUT2D eigenvalue weighted by Crippen LogP contribution is 2.32. The van der Waals surface area contributed by atoms with E-state index in [0.717, 1.165) is 34.5 Å². The Balaban J connectivity index is 1.47. The first kappa shape index (κ1) is 30.2. The van der Waals surface area contributed by atoms with Crippen LogP contribution >= 0.6 is 23.2 Å². The number of aromatic nitrogens is 2. The van der Waals surface area contributed by atoms with Crippen molar-refractivity contribution in [3.8, 4) is 11.6 Å². The number of pyridine rings is 1. The third-order valence-corrected chi connectivity index (χ3v) is 9.04. The van der Waals surface area contributed by atoms with E-state index in [9.17, 15) is 13.2 Å². The van der Waals surface area contributed by atoms with Crippen molar-refractivity contribution < 1.29 is 27.4 Å². The topological polar surface area (TPSA) is 100.0 Å². The minimum atomic E-state index is -4.24. The number of rotatable bonds is 11. The number of ether oxygens (including phenoxy) is 3. The normalized spacial score (nSPS) is 14.2. The van der Waals surface area contributed by atoms with Crippen molar-refractivity contribution in [2.45, 2.75) is 43.6 Å². The lowest BCUT2D eigenvalue weighted by molar-refractivity contribution is -0.141. The van der Waals surface area contributed by atoms with Gasteiger partial charge in [0.05, 0.1) is 35.9 Å². The van der Waals surface area contributed by atoms with E-state index in [0.29, 0.717) is 31.2 Å². The van der Waals surface area contributed by atoms with Crippen LogP contribution in [0.4, 0.5) is 5.69 Å². The van der Waals surface area contributed by atoms with Crippen molar-refractivity contribution in [1.82, 2.24) is 9.55 Å². The summed E-state index contributed by atoms with van der Waals surface area (Å²) < 4.78 is 47.4. The van der Waals surface area contributed by atoms with Gasteiger partial charge in [0.25, 0.3) is 10.0 Å². The summed E-state index contributed by atoms with van der Waals surface area (Å²) in [6.07, 6.45) is 6.82. The number of nitrogens with zero attached hydrogens (tertiary/aromatic N) is 3. The van der Waals surface area contributed by atoms with E-state index in [2.05, 4.69) is 4.98 Å². The number of unbranched alkanes of at least 4 members (excludes halogenated alkanes) is 1. The Morgan fingerprint density at radius 3 is 2.57 bits per heavy atom. The van der Waals surface area contributed by atoms with Gasteiger partial charge in [-0.3, -0.25) is 9.10 Å². The molecule has 2 aromatic carbocycles. The van der Waals surface area contributed by atoms with Crippen LogP contribution in [0.15, 0.2) is 71.9 Å². The Kier molecular flexibility index (Phi) is 9.57. The Bertz CT molecular complexity index is 1650. The maximum atomic E-state index is 13.8. The van der Waals surface area contributed by atoms with Crippen molar-refractivity contribution in [1.29, 1.82) is 0 Å². The Morgan fingerprint density at radius 1 is 1.07 bits per heavy atom. The second kappa shape index (κ2) is 13.3. The largest absolute Gasteiger partial charge is 0.490 e. The second-order valence-electron chi connectivity index (χ2n) is 9.90. The van der Waals surface area contributed by atoms with Crippen LogP contribution in [0, 0.1) is 0 Å². The molecule has 222 valence electrons. The lowest BCUT2D eigenvalue weighted by Gasteiger charge is -2.24. The average molecular weight is 633 g/mol. The molecule has 1 fully saturated rings. The van der Waals surface area contributed by atoms with Crippen LogP contribution < -0.4 is 9.04 Å². The third-order valence-electron chi connectivity index (χ3n) is 6.85. The first-order valence-corrected chi connectivity index (χ1v) is 15.9. The van der Waals surface area contributed by atoms with Crippen LogP contribution in [0.5, 0.6) is 5.75 Å².